The third-order valence-electron chi connectivity index (χ3n) is 10.2. The van der Waals surface area contributed by atoms with Crippen molar-refractivity contribution >= 4 is 5.91 Å². The van der Waals surface area contributed by atoms with E-state index in [0.717, 1.165) is 92.7 Å². The molecular formula is C42H49N3O6. The monoisotopic (exact) mass is 691 g/mol. The first-order valence-electron chi connectivity index (χ1n) is 18.2. The minimum Gasteiger partial charge on any atom is -0.485 e. The third-order valence-corrected chi connectivity index (χ3v) is 10.2. The third kappa shape index (κ3) is 8.84. The first-order chi connectivity index (χ1) is 24.9. The van der Waals surface area contributed by atoms with E-state index in [2.05, 4.69) is 58.3 Å². The molecule has 51 heavy (non-hydrogen) atoms. The van der Waals surface area contributed by atoms with Crippen LogP contribution in [0.4, 0.5) is 0 Å². The minimum atomic E-state index is -0.165. The van der Waals surface area contributed by atoms with Crippen molar-refractivity contribution in [3.63, 3.8) is 0 Å². The molecule has 0 aromatic heterocycles. The van der Waals surface area contributed by atoms with Crippen LogP contribution in [0.2, 0.25) is 0 Å². The second kappa shape index (κ2) is 16.2. The van der Waals surface area contributed by atoms with Crippen molar-refractivity contribution < 1.29 is 28.8 Å². The highest BCUT2D eigenvalue weighted by atomic mass is 16.6. The molecule has 4 aliphatic rings. The van der Waals surface area contributed by atoms with Gasteiger partial charge in [-0.05, 0) is 78.9 Å². The zero-order valence-electron chi connectivity index (χ0n) is 29.7. The van der Waals surface area contributed by atoms with Gasteiger partial charge in [0.05, 0.1) is 6.10 Å². The van der Waals surface area contributed by atoms with E-state index >= 15 is 0 Å². The summed E-state index contributed by atoms with van der Waals surface area (Å²) in [6, 6.07) is 32.7. The van der Waals surface area contributed by atoms with Crippen LogP contribution in [0.15, 0.2) is 97.1 Å². The van der Waals surface area contributed by atoms with Crippen molar-refractivity contribution in [2.24, 2.45) is 5.92 Å². The van der Waals surface area contributed by atoms with Gasteiger partial charge >= 0.3 is 0 Å². The molecule has 0 saturated carbocycles. The van der Waals surface area contributed by atoms with Gasteiger partial charge in [0.2, 0.25) is 5.91 Å². The molecule has 4 aromatic rings. The maximum Gasteiger partial charge on any atom is 0.225 e. The number of nitrogens with zero attached hydrogens (tertiary/aromatic N) is 3. The van der Waals surface area contributed by atoms with Crippen LogP contribution in [-0.4, -0.2) is 85.3 Å². The van der Waals surface area contributed by atoms with Crippen LogP contribution in [0, 0.1) is 5.92 Å². The van der Waals surface area contributed by atoms with E-state index < -0.39 is 0 Å². The van der Waals surface area contributed by atoms with Crippen LogP contribution < -0.4 is 18.9 Å². The normalized spacial score (nSPS) is 21.7. The Labute approximate surface area is 301 Å². The van der Waals surface area contributed by atoms with E-state index in [1.54, 1.807) is 4.90 Å². The largest absolute Gasteiger partial charge is 0.485 e. The molecule has 0 bridgehead atoms. The topological polar surface area (TPSA) is 83.9 Å². The Kier molecular flexibility index (Phi) is 11.1. The molecule has 4 heterocycles. The number of β-amino-alcohol motifs (C(OH)–C–C–N with tert-alkyl or cyclic N) is 1. The lowest BCUT2D eigenvalue weighted by atomic mass is 9.95. The number of amides is 1. The predicted octanol–water partition coefficient (Wildman–Crippen LogP) is 6.27. The molecule has 3 atom stereocenters. The first kappa shape index (κ1) is 34.9. The molecule has 8 rings (SSSR count). The summed E-state index contributed by atoms with van der Waals surface area (Å²) < 4.78 is 23.7. The predicted molar refractivity (Wildman–Crippen MR) is 196 cm³/mol. The number of carbonyl (C=O) groups is 1. The summed E-state index contributed by atoms with van der Waals surface area (Å²) in [5.74, 6) is 3.68. The number of fused-ring (bicyclic) bond motifs is 2. The SMILES string of the molecule is CN(C)C(=O)C1CCN(Cc2ccc([C@H]3COc4ccccc4O3)cc2)CC1.O[C@H]1CCN(Cc2ccc(C3COc4ccccc4O3)cc2)C1. The minimum absolute atomic E-state index is 0.0624. The number of ether oxygens (including phenoxy) is 4. The fourth-order valence-corrected chi connectivity index (χ4v) is 7.22. The van der Waals surface area contributed by atoms with E-state index in [4.69, 9.17) is 18.9 Å². The highest BCUT2D eigenvalue weighted by molar-refractivity contribution is 5.78. The van der Waals surface area contributed by atoms with Gasteiger partial charge in [-0.3, -0.25) is 14.6 Å². The van der Waals surface area contributed by atoms with E-state index in [9.17, 15) is 9.90 Å². The number of likely N-dealkylation sites (tertiary alicyclic amines) is 2. The number of aliphatic hydroxyl groups is 1. The Morgan fingerprint density at radius 3 is 1.55 bits per heavy atom. The summed E-state index contributed by atoms with van der Waals surface area (Å²) in [6.07, 6.45) is 2.47. The zero-order valence-corrected chi connectivity index (χ0v) is 29.7. The number of hydrogen-bond donors (Lipinski definition) is 1. The van der Waals surface area contributed by atoms with Crippen LogP contribution in [0.1, 0.15) is 53.7 Å². The number of para-hydroxylation sites is 4. The lowest BCUT2D eigenvalue weighted by Crippen LogP contribution is -2.39. The Balaban J connectivity index is 0.000000162. The molecule has 1 unspecified atom stereocenters. The number of benzene rings is 4. The van der Waals surface area contributed by atoms with Gasteiger partial charge < -0.3 is 29.0 Å². The summed E-state index contributed by atoms with van der Waals surface area (Å²) in [5.41, 5.74) is 4.82. The van der Waals surface area contributed by atoms with E-state index in [0.29, 0.717) is 13.2 Å². The van der Waals surface area contributed by atoms with E-state index in [1.807, 2.05) is 62.6 Å². The van der Waals surface area contributed by atoms with Gasteiger partial charge in [-0.2, -0.15) is 0 Å². The molecule has 4 aromatic carbocycles. The Hall–Kier alpha value is -4.57. The van der Waals surface area contributed by atoms with Gasteiger partial charge in [0.15, 0.2) is 35.2 Å². The standard InChI is InChI=1S/C23H28N2O3.C19H21NO3/c1-24(2)23(26)19-11-13-25(14-12-19)15-17-7-9-18(10-8-17)22-16-27-20-5-3-4-6-21(20)28-22;21-16-9-10-20(12-16)11-14-5-7-15(8-6-14)19-13-22-17-3-1-2-4-18(17)23-19/h3-10,19,22H,11-16H2,1-2H3;1-8,16,19,21H,9-13H2/t22-;16-,19?/m10/s1. The smallest absolute Gasteiger partial charge is 0.225 e. The molecule has 4 aliphatic heterocycles. The molecule has 1 N–H and O–H groups in total. The molecule has 0 aliphatic carbocycles. The van der Waals surface area contributed by atoms with Crippen LogP contribution in [0.25, 0.3) is 0 Å². The average Bonchev–Trinajstić information content (AvgIpc) is 3.59. The fraction of sp³-hybridized carbons (Fsp3) is 0.405. The molecule has 2 saturated heterocycles. The average molecular weight is 692 g/mol. The Morgan fingerprint density at radius 1 is 0.647 bits per heavy atom. The van der Waals surface area contributed by atoms with Crippen LogP contribution in [-0.2, 0) is 17.9 Å². The molecule has 9 nitrogen and oxygen atoms in total. The quantitative estimate of drug-likeness (QED) is 0.243. The lowest BCUT2D eigenvalue weighted by Gasteiger charge is -2.32. The highest BCUT2D eigenvalue weighted by Crippen LogP contribution is 2.37. The molecule has 268 valence electrons. The first-order valence-corrected chi connectivity index (χ1v) is 18.2. The van der Waals surface area contributed by atoms with Crippen molar-refractivity contribution in [3.8, 4) is 23.0 Å². The second-order valence-electron chi connectivity index (χ2n) is 14.2. The molecule has 0 spiro atoms. The van der Waals surface area contributed by atoms with E-state index in [-0.39, 0.29) is 30.1 Å². The van der Waals surface area contributed by atoms with Crippen LogP contribution in [0.3, 0.4) is 0 Å². The maximum absolute atomic E-state index is 12.1. The number of rotatable bonds is 7. The van der Waals surface area contributed by atoms with Crippen molar-refractivity contribution in [3.05, 3.63) is 119 Å². The van der Waals surface area contributed by atoms with Gasteiger partial charge in [0, 0.05) is 46.2 Å². The van der Waals surface area contributed by atoms with Gasteiger partial charge in [0.25, 0.3) is 0 Å². The van der Waals surface area contributed by atoms with Crippen LogP contribution >= 0.6 is 0 Å². The van der Waals surface area contributed by atoms with Gasteiger partial charge in [-0.25, -0.2) is 0 Å². The number of aliphatic hydroxyl groups excluding tert-OH is 1. The number of hydrogen-bond acceptors (Lipinski definition) is 8. The molecular weight excluding hydrogens is 642 g/mol. The molecule has 1 amide bonds. The fourth-order valence-electron chi connectivity index (χ4n) is 7.22. The van der Waals surface area contributed by atoms with Crippen LogP contribution in [0.5, 0.6) is 23.0 Å². The van der Waals surface area contributed by atoms with Crippen molar-refractivity contribution in [1.82, 2.24) is 14.7 Å². The zero-order chi connectivity index (χ0) is 35.2. The highest BCUT2D eigenvalue weighted by Gasteiger charge is 2.27. The summed E-state index contributed by atoms with van der Waals surface area (Å²) in [7, 11) is 3.69. The van der Waals surface area contributed by atoms with Crippen molar-refractivity contribution in [2.75, 3.05) is 53.5 Å². The molecule has 9 heteroatoms. The number of piperidine rings is 1. The summed E-state index contributed by atoms with van der Waals surface area (Å²) in [6.45, 7) is 6.58. The molecule has 2 fully saturated rings. The Morgan fingerprint density at radius 2 is 1.10 bits per heavy atom. The van der Waals surface area contributed by atoms with Gasteiger partial charge in [-0.1, -0.05) is 72.8 Å². The molecule has 0 radical (unpaired) electrons. The van der Waals surface area contributed by atoms with Gasteiger partial charge in [-0.15, -0.1) is 0 Å². The summed E-state index contributed by atoms with van der Waals surface area (Å²) in [5, 5.41) is 9.60. The van der Waals surface area contributed by atoms with Crippen molar-refractivity contribution in [2.45, 2.75) is 50.7 Å². The number of carbonyl (C=O) groups excluding carboxylic acids is 1. The second-order valence-corrected chi connectivity index (χ2v) is 14.2. The van der Waals surface area contributed by atoms with Gasteiger partial charge in [0.1, 0.15) is 13.2 Å². The maximum atomic E-state index is 12.1. The lowest BCUT2D eigenvalue weighted by molar-refractivity contribution is -0.134. The van der Waals surface area contributed by atoms with Crippen molar-refractivity contribution in [1.29, 1.82) is 0 Å². The summed E-state index contributed by atoms with van der Waals surface area (Å²) >= 11 is 0. The van der Waals surface area contributed by atoms with E-state index in [1.165, 1.54) is 11.1 Å². The Bertz CT molecular complexity index is 1740. The summed E-state index contributed by atoms with van der Waals surface area (Å²) in [4.78, 5) is 18.6.